The van der Waals surface area contributed by atoms with Gasteiger partial charge in [-0.3, -0.25) is 5.32 Å². The maximum Gasteiger partial charge on any atom is 0.321 e. The summed E-state index contributed by atoms with van der Waals surface area (Å²) in [6.45, 7) is 0.727. The summed E-state index contributed by atoms with van der Waals surface area (Å²) in [5.41, 5.74) is 1.66. The SMILES string of the molecule is CNC(=O)Nc1nc(NCc2ccc3c(c2)OCO3)c2cc(Cl)ccc2n1. The van der Waals surface area contributed by atoms with Gasteiger partial charge in [-0.1, -0.05) is 17.7 Å². The highest BCUT2D eigenvalue weighted by molar-refractivity contribution is 6.31. The van der Waals surface area contributed by atoms with Crippen LogP contribution in [0.15, 0.2) is 36.4 Å². The van der Waals surface area contributed by atoms with Gasteiger partial charge in [-0.15, -0.1) is 0 Å². The van der Waals surface area contributed by atoms with Crippen LogP contribution in [0.2, 0.25) is 5.02 Å². The van der Waals surface area contributed by atoms with E-state index in [4.69, 9.17) is 21.1 Å². The van der Waals surface area contributed by atoms with Crippen LogP contribution >= 0.6 is 11.6 Å². The molecule has 2 aromatic carbocycles. The van der Waals surface area contributed by atoms with Crippen molar-refractivity contribution >= 4 is 40.3 Å². The topological polar surface area (TPSA) is 97.4 Å². The number of benzene rings is 2. The van der Waals surface area contributed by atoms with Crippen LogP contribution < -0.4 is 25.4 Å². The number of amides is 2. The van der Waals surface area contributed by atoms with Crippen molar-refractivity contribution in [2.75, 3.05) is 24.5 Å². The van der Waals surface area contributed by atoms with E-state index in [0.29, 0.717) is 28.7 Å². The van der Waals surface area contributed by atoms with E-state index in [0.717, 1.165) is 16.7 Å². The van der Waals surface area contributed by atoms with Crippen molar-refractivity contribution in [1.82, 2.24) is 15.3 Å². The largest absolute Gasteiger partial charge is 0.454 e. The molecule has 1 aliphatic rings. The molecule has 0 radical (unpaired) electrons. The van der Waals surface area contributed by atoms with E-state index in [1.807, 2.05) is 18.2 Å². The fraction of sp³-hybridized carbons (Fsp3) is 0.167. The van der Waals surface area contributed by atoms with Crippen LogP contribution in [0.4, 0.5) is 16.6 Å². The number of nitrogens with one attached hydrogen (secondary N) is 3. The Morgan fingerprint density at radius 2 is 2.00 bits per heavy atom. The Kier molecular flexibility index (Phi) is 4.55. The van der Waals surface area contributed by atoms with Crippen LogP contribution in [-0.4, -0.2) is 29.8 Å². The van der Waals surface area contributed by atoms with Gasteiger partial charge in [0.25, 0.3) is 0 Å². The lowest BCUT2D eigenvalue weighted by molar-refractivity contribution is 0.174. The maximum absolute atomic E-state index is 11.6. The minimum absolute atomic E-state index is 0.192. The van der Waals surface area contributed by atoms with Gasteiger partial charge in [0.2, 0.25) is 12.7 Å². The number of nitrogens with zero attached hydrogens (tertiary/aromatic N) is 2. The van der Waals surface area contributed by atoms with Gasteiger partial charge in [0.15, 0.2) is 11.5 Å². The predicted octanol–water partition coefficient (Wildman–Crippen LogP) is 3.38. The van der Waals surface area contributed by atoms with E-state index in [-0.39, 0.29) is 12.7 Å². The normalized spacial score (nSPS) is 12.1. The Labute approximate surface area is 159 Å². The van der Waals surface area contributed by atoms with Gasteiger partial charge in [0, 0.05) is 24.0 Å². The molecule has 3 N–H and O–H groups in total. The number of hydrogen-bond donors (Lipinski definition) is 3. The Morgan fingerprint density at radius 3 is 2.85 bits per heavy atom. The Hall–Kier alpha value is -3.26. The standard InChI is InChI=1S/C18H16ClN5O3/c1-20-18(25)24-17-22-13-4-3-11(19)7-12(13)16(23-17)21-8-10-2-5-14-15(6-10)27-9-26-14/h2-7H,8-9H2,1H3,(H3,20,21,22,23,24,25). The first kappa shape index (κ1) is 17.2. The van der Waals surface area contributed by atoms with E-state index >= 15 is 0 Å². The van der Waals surface area contributed by atoms with Crippen LogP contribution in [0.5, 0.6) is 11.5 Å². The molecule has 2 heterocycles. The molecular formula is C18H16ClN5O3. The Bertz CT molecular complexity index is 1030. The summed E-state index contributed by atoms with van der Waals surface area (Å²) < 4.78 is 10.7. The molecule has 3 aromatic rings. The highest BCUT2D eigenvalue weighted by atomic mass is 35.5. The number of rotatable bonds is 4. The molecular weight excluding hydrogens is 370 g/mol. The van der Waals surface area contributed by atoms with E-state index in [9.17, 15) is 4.79 Å². The third-order valence-corrected chi connectivity index (χ3v) is 4.24. The number of urea groups is 1. The summed E-state index contributed by atoms with van der Waals surface area (Å²) >= 11 is 6.12. The fourth-order valence-electron chi connectivity index (χ4n) is 2.69. The van der Waals surface area contributed by atoms with Gasteiger partial charge in [-0.2, -0.15) is 4.98 Å². The van der Waals surface area contributed by atoms with Crippen molar-refractivity contribution in [3.05, 3.63) is 47.0 Å². The number of ether oxygens (including phenoxy) is 2. The molecule has 0 atom stereocenters. The summed E-state index contributed by atoms with van der Waals surface area (Å²) in [5.74, 6) is 2.20. The quantitative estimate of drug-likeness (QED) is 0.637. The highest BCUT2D eigenvalue weighted by Gasteiger charge is 2.14. The van der Waals surface area contributed by atoms with Crippen molar-refractivity contribution in [3.8, 4) is 11.5 Å². The van der Waals surface area contributed by atoms with Crippen molar-refractivity contribution in [2.45, 2.75) is 6.54 Å². The molecule has 8 nitrogen and oxygen atoms in total. The molecule has 0 bridgehead atoms. The molecule has 27 heavy (non-hydrogen) atoms. The molecule has 0 saturated heterocycles. The fourth-order valence-corrected chi connectivity index (χ4v) is 2.86. The van der Waals surface area contributed by atoms with Gasteiger partial charge >= 0.3 is 6.03 Å². The number of anilines is 2. The molecule has 9 heteroatoms. The first-order chi connectivity index (χ1) is 13.1. The van der Waals surface area contributed by atoms with Crippen LogP contribution in [0.1, 0.15) is 5.56 Å². The lowest BCUT2D eigenvalue weighted by atomic mass is 10.2. The zero-order valence-electron chi connectivity index (χ0n) is 14.4. The van der Waals surface area contributed by atoms with Gasteiger partial charge in [-0.05, 0) is 35.9 Å². The van der Waals surface area contributed by atoms with Crippen molar-refractivity contribution in [2.24, 2.45) is 0 Å². The molecule has 4 rings (SSSR count). The summed E-state index contributed by atoms with van der Waals surface area (Å²) in [6, 6.07) is 10.6. The summed E-state index contributed by atoms with van der Waals surface area (Å²) in [6.07, 6.45) is 0. The maximum atomic E-state index is 11.6. The number of carbonyl (C=O) groups is 1. The molecule has 138 valence electrons. The zero-order valence-corrected chi connectivity index (χ0v) is 15.1. The minimum atomic E-state index is -0.398. The summed E-state index contributed by atoms with van der Waals surface area (Å²) in [4.78, 5) is 20.4. The average Bonchev–Trinajstić information content (AvgIpc) is 3.14. The molecule has 1 aliphatic heterocycles. The Balaban J connectivity index is 1.64. The zero-order chi connectivity index (χ0) is 18.8. The first-order valence-electron chi connectivity index (χ1n) is 8.21. The molecule has 1 aromatic heterocycles. The van der Waals surface area contributed by atoms with E-state index in [1.54, 1.807) is 18.2 Å². The second kappa shape index (κ2) is 7.16. The van der Waals surface area contributed by atoms with Crippen molar-refractivity contribution in [1.29, 1.82) is 0 Å². The molecule has 0 aliphatic carbocycles. The number of halogens is 1. The van der Waals surface area contributed by atoms with E-state index in [1.165, 1.54) is 7.05 Å². The predicted molar refractivity (Wildman–Crippen MR) is 103 cm³/mol. The number of fused-ring (bicyclic) bond motifs is 2. The minimum Gasteiger partial charge on any atom is -0.454 e. The van der Waals surface area contributed by atoms with Crippen LogP contribution in [-0.2, 0) is 6.54 Å². The highest BCUT2D eigenvalue weighted by Crippen LogP contribution is 2.33. The number of carbonyl (C=O) groups excluding carboxylic acids is 1. The summed E-state index contributed by atoms with van der Waals surface area (Å²) in [5, 5.41) is 9.67. The van der Waals surface area contributed by atoms with Gasteiger partial charge in [-0.25, -0.2) is 9.78 Å². The second-order valence-electron chi connectivity index (χ2n) is 5.80. The average molecular weight is 386 g/mol. The van der Waals surface area contributed by atoms with Crippen molar-refractivity contribution in [3.63, 3.8) is 0 Å². The van der Waals surface area contributed by atoms with Crippen LogP contribution in [0.25, 0.3) is 10.9 Å². The first-order valence-corrected chi connectivity index (χ1v) is 8.58. The van der Waals surface area contributed by atoms with Gasteiger partial charge in [0.05, 0.1) is 5.52 Å². The lowest BCUT2D eigenvalue weighted by Gasteiger charge is -2.12. The molecule has 2 amide bonds. The monoisotopic (exact) mass is 385 g/mol. The van der Waals surface area contributed by atoms with Gasteiger partial charge in [0.1, 0.15) is 5.82 Å². The molecule has 0 saturated carbocycles. The lowest BCUT2D eigenvalue weighted by Crippen LogP contribution is -2.25. The smallest absolute Gasteiger partial charge is 0.321 e. The van der Waals surface area contributed by atoms with Gasteiger partial charge < -0.3 is 20.1 Å². The number of aromatic nitrogens is 2. The Morgan fingerprint density at radius 1 is 1.15 bits per heavy atom. The van der Waals surface area contributed by atoms with Crippen molar-refractivity contribution < 1.29 is 14.3 Å². The second-order valence-corrected chi connectivity index (χ2v) is 6.24. The van der Waals surface area contributed by atoms with E-state index < -0.39 is 6.03 Å². The molecule has 0 unspecified atom stereocenters. The molecule has 0 spiro atoms. The van der Waals surface area contributed by atoms with E-state index in [2.05, 4.69) is 25.9 Å². The van der Waals surface area contributed by atoms with Crippen LogP contribution in [0.3, 0.4) is 0 Å². The third-order valence-electron chi connectivity index (χ3n) is 4.01. The summed E-state index contributed by atoms with van der Waals surface area (Å²) in [7, 11) is 1.52. The molecule has 0 fully saturated rings. The number of hydrogen-bond acceptors (Lipinski definition) is 6. The third kappa shape index (κ3) is 3.65. The van der Waals surface area contributed by atoms with Crippen LogP contribution in [0, 0.1) is 0 Å².